The maximum Gasteiger partial charge on any atom is 0.106 e. The van der Waals surface area contributed by atoms with E-state index in [9.17, 15) is 5.11 Å². The zero-order chi connectivity index (χ0) is 9.31. The van der Waals surface area contributed by atoms with Crippen LogP contribution in [0.15, 0.2) is 17.5 Å². The molecule has 72 valence electrons. The fraction of sp³-hybridized carbons (Fsp3) is 0.600. The van der Waals surface area contributed by atoms with Gasteiger partial charge in [0.05, 0.1) is 0 Å². The van der Waals surface area contributed by atoms with E-state index in [0.29, 0.717) is 0 Å². The molecule has 2 rings (SSSR count). The molecule has 0 bridgehead atoms. The molecule has 2 N–H and O–H groups in total. The van der Waals surface area contributed by atoms with Gasteiger partial charge >= 0.3 is 0 Å². The van der Waals surface area contributed by atoms with Crippen molar-refractivity contribution in [1.82, 2.24) is 5.32 Å². The Kier molecular flexibility index (Phi) is 2.41. The van der Waals surface area contributed by atoms with Gasteiger partial charge in [-0.05, 0) is 37.8 Å². The molecular formula is C10H15NOS. The quantitative estimate of drug-likeness (QED) is 0.759. The third-order valence-corrected chi connectivity index (χ3v) is 3.74. The number of rotatable bonds is 2. The Morgan fingerprint density at radius 1 is 1.69 bits per heavy atom. The highest BCUT2D eigenvalue weighted by Gasteiger charge is 2.36. The highest BCUT2D eigenvalue weighted by Crippen LogP contribution is 2.34. The molecule has 0 spiro atoms. The first-order valence-corrected chi connectivity index (χ1v) is 5.57. The number of hydrogen-bond acceptors (Lipinski definition) is 3. The van der Waals surface area contributed by atoms with Crippen LogP contribution in [-0.2, 0) is 0 Å². The minimum atomic E-state index is -0.352. The zero-order valence-electron chi connectivity index (χ0n) is 7.79. The van der Waals surface area contributed by atoms with E-state index in [0.717, 1.165) is 17.8 Å². The topological polar surface area (TPSA) is 32.3 Å². The largest absolute Gasteiger partial charge is 0.386 e. The Balaban J connectivity index is 2.16. The van der Waals surface area contributed by atoms with Crippen molar-refractivity contribution >= 4 is 11.3 Å². The Labute approximate surface area is 82.6 Å². The number of aliphatic hydroxyl groups is 1. The number of thiophene rings is 1. The molecule has 1 fully saturated rings. The molecular weight excluding hydrogens is 182 g/mol. The molecule has 0 aromatic carbocycles. The van der Waals surface area contributed by atoms with E-state index < -0.39 is 0 Å². The normalized spacial score (nSPS) is 30.6. The zero-order valence-corrected chi connectivity index (χ0v) is 8.60. The van der Waals surface area contributed by atoms with E-state index in [-0.39, 0.29) is 11.6 Å². The summed E-state index contributed by atoms with van der Waals surface area (Å²) in [5, 5.41) is 15.5. The Morgan fingerprint density at radius 2 is 2.54 bits per heavy atom. The summed E-state index contributed by atoms with van der Waals surface area (Å²) in [7, 11) is 0. The van der Waals surface area contributed by atoms with Gasteiger partial charge in [0.25, 0.3) is 0 Å². The van der Waals surface area contributed by atoms with Crippen molar-refractivity contribution in [2.75, 3.05) is 6.54 Å². The molecule has 1 aromatic rings. The summed E-state index contributed by atoms with van der Waals surface area (Å²) in [5.41, 5.74) is -0.106. The van der Waals surface area contributed by atoms with Gasteiger partial charge in [-0.15, -0.1) is 11.3 Å². The molecule has 2 heterocycles. The van der Waals surface area contributed by atoms with Gasteiger partial charge in [-0.3, -0.25) is 0 Å². The second-order valence-corrected chi connectivity index (χ2v) is 4.85. The molecule has 2 atom stereocenters. The van der Waals surface area contributed by atoms with Gasteiger partial charge in [0, 0.05) is 10.4 Å². The first-order valence-electron chi connectivity index (χ1n) is 4.69. The second-order valence-electron chi connectivity index (χ2n) is 3.87. The maximum absolute atomic E-state index is 10.1. The summed E-state index contributed by atoms with van der Waals surface area (Å²) in [6, 6.07) is 3.99. The lowest BCUT2D eigenvalue weighted by molar-refractivity contribution is 0.0847. The van der Waals surface area contributed by atoms with Crippen molar-refractivity contribution in [3.8, 4) is 0 Å². The first-order chi connectivity index (χ1) is 6.22. The van der Waals surface area contributed by atoms with Gasteiger partial charge in [0.1, 0.15) is 6.10 Å². The van der Waals surface area contributed by atoms with Crippen LogP contribution < -0.4 is 5.32 Å². The van der Waals surface area contributed by atoms with E-state index in [1.54, 1.807) is 11.3 Å². The van der Waals surface area contributed by atoms with Crippen LogP contribution in [0, 0.1) is 0 Å². The van der Waals surface area contributed by atoms with Crippen molar-refractivity contribution < 1.29 is 5.11 Å². The number of nitrogens with one attached hydrogen (secondary N) is 1. The molecule has 1 unspecified atom stereocenters. The van der Waals surface area contributed by atoms with Crippen LogP contribution in [0.25, 0.3) is 0 Å². The molecule has 3 heteroatoms. The van der Waals surface area contributed by atoms with Gasteiger partial charge in [-0.2, -0.15) is 0 Å². The molecule has 1 aromatic heterocycles. The molecule has 1 aliphatic rings. The van der Waals surface area contributed by atoms with Gasteiger partial charge < -0.3 is 10.4 Å². The number of aliphatic hydroxyl groups excluding tert-OH is 1. The Bertz CT molecular complexity index is 264. The fourth-order valence-corrected chi connectivity index (χ4v) is 2.77. The van der Waals surface area contributed by atoms with Crippen molar-refractivity contribution in [2.45, 2.75) is 31.4 Å². The molecule has 0 amide bonds. The second kappa shape index (κ2) is 3.40. The first kappa shape index (κ1) is 9.19. The van der Waals surface area contributed by atoms with Crippen LogP contribution in [0.3, 0.4) is 0 Å². The van der Waals surface area contributed by atoms with Crippen molar-refractivity contribution in [2.24, 2.45) is 0 Å². The van der Waals surface area contributed by atoms with Crippen LogP contribution >= 0.6 is 11.3 Å². The number of hydrogen-bond donors (Lipinski definition) is 2. The summed E-state index contributed by atoms with van der Waals surface area (Å²) < 4.78 is 0. The van der Waals surface area contributed by atoms with Gasteiger partial charge in [0.15, 0.2) is 0 Å². The third-order valence-electron chi connectivity index (χ3n) is 2.82. The van der Waals surface area contributed by atoms with E-state index in [4.69, 9.17) is 0 Å². The average Bonchev–Trinajstić information content (AvgIpc) is 2.73. The molecule has 0 radical (unpaired) electrons. The molecule has 1 saturated heterocycles. The minimum Gasteiger partial charge on any atom is -0.386 e. The summed E-state index contributed by atoms with van der Waals surface area (Å²) in [6.07, 6.45) is 1.88. The van der Waals surface area contributed by atoms with E-state index in [1.807, 2.05) is 17.5 Å². The van der Waals surface area contributed by atoms with Crippen LogP contribution in [0.4, 0.5) is 0 Å². The highest BCUT2D eigenvalue weighted by molar-refractivity contribution is 7.10. The lowest BCUT2D eigenvalue weighted by Crippen LogP contribution is -2.42. The predicted octanol–water partition coefficient (Wildman–Crippen LogP) is 1.92. The molecule has 1 aliphatic heterocycles. The minimum absolute atomic E-state index is 0.106. The summed E-state index contributed by atoms with van der Waals surface area (Å²) in [4.78, 5) is 1.07. The van der Waals surface area contributed by atoms with E-state index >= 15 is 0 Å². The van der Waals surface area contributed by atoms with Crippen LogP contribution in [0.5, 0.6) is 0 Å². The predicted molar refractivity (Wildman–Crippen MR) is 54.9 cm³/mol. The summed E-state index contributed by atoms with van der Waals surface area (Å²) in [6.45, 7) is 3.13. The average molecular weight is 197 g/mol. The molecule has 0 aliphatic carbocycles. The van der Waals surface area contributed by atoms with Crippen LogP contribution in [-0.4, -0.2) is 17.2 Å². The monoisotopic (exact) mass is 197 g/mol. The lowest BCUT2D eigenvalue weighted by Gasteiger charge is -2.29. The lowest BCUT2D eigenvalue weighted by atomic mass is 9.92. The van der Waals surface area contributed by atoms with Gasteiger partial charge in [-0.1, -0.05) is 6.07 Å². The van der Waals surface area contributed by atoms with Crippen molar-refractivity contribution in [1.29, 1.82) is 0 Å². The van der Waals surface area contributed by atoms with E-state index in [1.165, 1.54) is 6.42 Å². The smallest absolute Gasteiger partial charge is 0.106 e. The SMILES string of the molecule is C[C@]1(C(O)c2cccs2)CCCN1. The molecule has 0 saturated carbocycles. The summed E-state index contributed by atoms with van der Waals surface area (Å²) in [5.74, 6) is 0. The Hall–Kier alpha value is -0.380. The summed E-state index contributed by atoms with van der Waals surface area (Å²) >= 11 is 1.63. The van der Waals surface area contributed by atoms with Crippen molar-refractivity contribution in [3.63, 3.8) is 0 Å². The maximum atomic E-state index is 10.1. The van der Waals surface area contributed by atoms with Crippen LogP contribution in [0.2, 0.25) is 0 Å². The molecule has 2 nitrogen and oxygen atoms in total. The highest BCUT2D eigenvalue weighted by atomic mass is 32.1. The Morgan fingerprint density at radius 3 is 3.08 bits per heavy atom. The third kappa shape index (κ3) is 1.64. The fourth-order valence-electron chi connectivity index (χ4n) is 1.91. The van der Waals surface area contributed by atoms with Crippen molar-refractivity contribution in [3.05, 3.63) is 22.4 Å². The van der Waals surface area contributed by atoms with Crippen LogP contribution in [0.1, 0.15) is 30.7 Å². The standard InChI is InChI=1S/C10H15NOS/c1-10(5-3-6-11-10)9(12)8-4-2-7-13-8/h2,4,7,9,11-12H,3,5-6H2,1H3/t9?,10-/m1/s1. The van der Waals surface area contributed by atoms with E-state index in [2.05, 4.69) is 12.2 Å². The van der Waals surface area contributed by atoms with Gasteiger partial charge in [-0.25, -0.2) is 0 Å². The van der Waals surface area contributed by atoms with Gasteiger partial charge in [0.2, 0.25) is 0 Å². The molecule has 13 heavy (non-hydrogen) atoms.